The summed E-state index contributed by atoms with van der Waals surface area (Å²) >= 11 is 0. The monoisotopic (exact) mass is 310 g/mol. The topological polar surface area (TPSA) is 35.5 Å². The van der Waals surface area contributed by atoms with Gasteiger partial charge in [0.2, 0.25) is 0 Å². The van der Waals surface area contributed by atoms with Crippen molar-refractivity contribution in [3.05, 3.63) is 58.1 Å². The van der Waals surface area contributed by atoms with Crippen molar-refractivity contribution in [2.45, 2.75) is 32.6 Å². The molecule has 0 radical (unpaired) electrons. The van der Waals surface area contributed by atoms with Crippen molar-refractivity contribution in [1.82, 2.24) is 0 Å². The number of methoxy groups -OCH3 is 2. The Bertz CT molecular complexity index is 792. The van der Waals surface area contributed by atoms with E-state index in [9.17, 15) is 4.79 Å². The number of aryl methyl sites for hydroxylation is 2. The number of rotatable bonds is 3. The van der Waals surface area contributed by atoms with Crippen LogP contribution in [0.25, 0.3) is 0 Å². The Morgan fingerprint density at radius 2 is 1.61 bits per heavy atom. The lowest BCUT2D eigenvalue weighted by Gasteiger charge is -2.28. The highest BCUT2D eigenvalue weighted by Crippen LogP contribution is 2.48. The van der Waals surface area contributed by atoms with Crippen LogP contribution in [-0.4, -0.2) is 20.0 Å². The van der Waals surface area contributed by atoms with Crippen molar-refractivity contribution in [2.24, 2.45) is 0 Å². The van der Waals surface area contributed by atoms with E-state index in [1.165, 1.54) is 16.7 Å². The molecule has 2 aromatic rings. The Kier molecular flexibility index (Phi) is 3.67. The molecule has 1 aliphatic carbocycles. The van der Waals surface area contributed by atoms with E-state index >= 15 is 0 Å². The van der Waals surface area contributed by atoms with Crippen LogP contribution in [0.3, 0.4) is 0 Å². The smallest absolute Gasteiger partial charge is 0.164 e. The number of carbonyl (C=O) groups is 1. The summed E-state index contributed by atoms with van der Waals surface area (Å²) in [4.78, 5) is 12.6. The van der Waals surface area contributed by atoms with E-state index in [-0.39, 0.29) is 11.2 Å². The Morgan fingerprint density at radius 3 is 2.22 bits per heavy atom. The highest BCUT2D eigenvalue weighted by atomic mass is 16.5. The molecule has 0 heterocycles. The zero-order valence-corrected chi connectivity index (χ0v) is 14.3. The Morgan fingerprint density at radius 1 is 0.957 bits per heavy atom. The summed E-state index contributed by atoms with van der Waals surface area (Å²) in [6.07, 6.45) is 0.475. The fraction of sp³-hybridized carbons (Fsp3) is 0.350. The number of fused-ring (bicyclic) bond motifs is 1. The summed E-state index contributed by atoms with van der Waals surface area (Å²) in [5, 5.41) is 0. The van der Waals surface area contributed by atoms with Gasteiger partial charge in [-0.25, -0.2) is 0 Å². The minimum absolute atomic E-state index is 0.156. The van der Waals surface area contributed by atoms with Gasteiger partial charge in [-0.3, -0.25) is 4.79 Å². The third-order valence-electron chi connectivity index (χ3n) is 4.91. The normalized spacial score (nSPS) is 19.6. The molecule has 120 valence electrons. The van der Waals surface area contributed by atoms with Crippen molar-refractivity contribution >= 4 is 5.78 Å². The lowest BCUT2D eigenvalue weighted by atomic mass is 9.75. The van der Waals surface area contributed by atoms with Gasteiger partial charge in [-0.15, -0.1) is 0 Å². The summed E-state index contributed by atoms with van der Waals surface area (Å²) in [5.74, 6) is 1.42. The predicted molar refractivity (Wildman–Crippen MR) is 90.9 cm³/mol. The SMILES string of the molecule is COc1cc2c(cc1OC)C(C)(c1ccc(C)cc1C)CC2=O. The Labute approximate surface area is 137 Å². The van der Waals surface area contributed by atoms with Gasteiger partial charge in [-0.2, -0.15) is 0 Å². The number of ketones is 1. The molecule has 1 aliphatic rings. The van der Waals surface area contributed by atoms with Gasteiger partial charge >= 0.3 is 0 Å². The van der Waals surface area contributed by atoms with Crippen LogP contribution >= 0.6 is 0 Å². The van der Waals surface area contributed by atoms with Crippen LogP contribution in [0, 0.1) is 13.8 Å². The van der Waals surface area contributed by atoms with Gasteiger partial charge in [0.1, 0.15) is 0 Å². The van der Waals surface area contributed by atoms with Gasteiger partial charge in [0, 0.05) is 17.4 Å². The van der Waals surface area contributed by atoms with E-state index in [2.05, 4.69) is 39.0 Å². The largest absolute Gasteiger partial charge is 0.493 e. The molecule has 0 N–H and O–H groups in total. The van der Waals surface area contributed by atoms with E-state index < -0.39 is 0 Å². The van der Waals surface area contributed by atoms with Crippen LogP contribution in [0.5, 0.6) is 11.5 Å². The van der Waals surface area contributed by atoms with Gasteiger partial charge in [0.15, 0.2) is 17.3 Å². The maximum absolute atomic E-state index is 12.6. The molecule has 3 rings (SSSR count). The van der Waals surface area contributed by atoms with Crippen molar-refractivity contribution in [1.29, 1.82) is 0 Å². The third-order valence-corrected chi connectivity index (χ3v) is 4.91. The molecule has 3 heteroatoms. The fourth-order valence-corrected chi connectivity index (χ4v) is 3.75. The van der Waals surface area contributed by atoms with E-state index in [1.807, 2.05) is 12.1 Å². The first-order valence-corrected chi connectivity index (χ1v) is 7.78. The molecule has 0 bridgehead atoms. The summed E-state index contributed by atoms with van der Waals surface area (Å²) in [7, 11) is 3.21. The summed E-state index contributed by atoms with van der Waals surface area (Å²) in [6.45, 7) is 6.33. The Hall–Kier alpha value is -2.29. The second kappa shape index (κ2) is 5.41. The molecule has 0 fully saturated rings. The van der Waals surface area contributed by atoms with Crippen LogP contribution < -0.4 is 9.47 Å². The van der Waals surface area contributed by atoms with Crippen LogP contribution in [0.2, 0.25) is 0 Å². The average molecular weight is 310 g/mol. The minimum atomic E-state index is -0.330. The molecular weight excluding hydrogens is 288 g/mol. The highest BCUT2D eigenvalue weighted by molar-refractivity contribution is 6.03. The molecule has 0 aliphatic heterocycles. The first kappa shape index (κ1) is 15.6. The second-order valence-electron chi connectivity index (χ2n) is 6.50. The number of ether oxygens (including phenoxy) is 2. The molecule has 0 amide bonds. The van der Waals surface area contributed by atoms with Crippen LogP contribution in [-0.2, 0) is 5.41 Å². The van der Waals surface area contributed by atoms with Crippen LogP contribution in [0.4, 0.5) is 0 Å². The lowest BCUT2D eigenvalue weighted by Crippen LogP contribution is -2.22. The molecular formula is C20H22O3. The molecule has 0 aromatic heterocycles. The molecule has 23 heavy (non-hydrogen) atoms. The molecule has 0 saturated carbocycles. The molecule has 0 saturated heterocycles. The number of hydrogen-bond acceptors (Lipinski definition) is 3. The van der Waals surface area contributed by atoms with E-state index in [0.717, 1.165) is 11.1 Å². The minimum Gasteiger partial charge on any atom is -0.493 e. The fourth-order valence-electron chi connectivity index (χ4n) is 3.75. The summed E-state index contributed by atoms with van der Waals surface area (Å²) in [5.41, 5.74) is 5.07. The molecule has 0 spiro atoms. The number of benzene rings is 2. The van der Waals surface area contributed by atoms with Crippen molar-refractivity contribution in [3.8, 4) is 11.5 Å². The molecule has 2 aromatic carbocycles. The summed E-state index contributed by atoms with van der Waals surface area (Å²) in [6, 6.07) is 10.2. The van der Waals surface area contributed by atoms with Gasteiger partial charge in [-0.1, -0.05) is 30.7 Å². The number of carbonyl (C=O) groups excluding carboxylic acids is 1. The quantitative estimate of drug-likeness (QED) is 0.852. The van der Waals surface area contributed by atoms with E-state index in [1.54, 1.807) is 14.2 Å². The van der Waals surface area contributed by atoms with Gasteiger partial charge in [0.25, 0.3) is 0 Å². The maximum Gasteiger partial charge on any atom is 0.164 e. The third kappa shape index (κ3) is 2.31. The first-order chi connectivity index (χ1) is 10.9. The lowest BCUT2D eigenvalue weighted by molar-refractivity contribution is 0.0982. The average Bonchev–Trinajstić information content (AvgIpc) is 2.77. The number of Topliss-reactive ketones (excluding diaryl/α,β-unsaturated/α-hetero) is 1. The zero-order valence-electron chi connectivity index (χ0n) is 14.3. The highest BCUT2D eigenvalue weighted by Gasteiger charge is 2.42. The molecule has 1 atom stereocenters. The first-order valence-electron chi connectivity index (χ1n) is 7.78. The maximum atomic E-state index is 12.6. The van der Waals surface area contributed by atoms with Crippen molar-refractivity contribution in [2.75, 3.05) is 14.2 Å². The second-order valence-corrected chi connectivity index (χ2v) is 6.50. The zero-order chi connectivity index (χ0) is 16.8. The van der Waals surface area contributed by atoms with Crippen molar-refractivity contribution < 1.29 is 14.3 Å². The summed E-state index contributed by atoms with van der Waals surface area (Å²) < 4.78 is 10.8. The Balaban J connectivity index is 2.24. The molecule has 3 nitrogen and oxygen atoms in total. The van der Waals surface area contributed by atoms with Crippen LogP contribution in [0.15, 0.2) is 30.3 Å². The van der Waals surface area contributed by atoms with Gasteiger partial charge < -0.3 is 9.47 Å². The van der Waals surface area contributed by atoms with Gasteiger partial charge in [0.05, 0.1) is 14.2 Å². The molecule has 1 unspecified atom stereocenters. The number of hydrogen-bond donors (Lipinski definition) is 0. The standard InChI is InChI=1S/C20H22O3/c1-12-6-7-15(13(2)8-12)20(3)11-17(21)14-9-18(22-4)19(23-5)10-16(14)20/h6-10H,11H2,1-5H3. The van der Waals surface area contributed by atoms with Crippen molar-refractivity contribution in [3.63, 3.8) is 0 Å². The van der Waals surface area contributed by atoms with Gasteiger partial charge in [-0.05, 0) is 42.7 Å². The predicted octanol–water partition coefficient (Wildman–Crippen LogP) is 4.21. The van der Waals surface area contributed by atoms with E-state index in [0.29, 0.717) is 17.9 Å². The van der Waals surface area contributed by atoms with E-state index in [4.69, 9.17) is 9.47 Å². The van der Waals surface area contributed by atoms with Crippen LogP contribution in [0.1, 0.15) is 46.0 Å².